The van der Waals surface area contributed by atoms with Gasteiger partial charge in [-0.1, -0.05) is 51.1 Å². The zero-order valence-corrected chi connectivity index (χ0v) is 50.8. The molecule has 0 radical (unpaired) electrons. The zero-order chi connectivity index (χ0) is 64.4. The van der Waals surface area contributed by atoms with Crippen molar-refractivity contribution in [3.05, 3.63) is 99.4 Å². The number of hydrogen-bond donors (Lipinski definition) is 8. The lowest BCUT2D eigenvalue weighted by Crippen LogP contribution is -2.62. The third-order valence-corrected chi connectivity index (χ3v) is 19.3. The highest BCUT2D eigenvalue weighted by molar-refractivity contribution is 7.52. The van der Waals surface area contributed by atoms with Crippen molar-refractivity contribution in [1.82, 2.24) is 41.3 Å². The minimum absolute atomic E-state index is 0.000999. The van der Waals surface area contributed by atoms with Crippen molar-refractivity contribution in [2.24, 2.45) is 11.7 Å². The van der Waals surface area contributed by atoms with E-state index in [-0.39, 0.29) is 102 Å². The van der Waals surface area contributed by atoms with Crippen LogP contribution in [-0.2, 0) is 55.6 Å². The van der Waals surface area contributed by atoms with Crippen molar-refractivity contribution in [2.75, 3.05) is 44.2 Å². The number of piperidine rings is 2. The average Bonchev–Trinajstić information content (AvgIpc) is 1.81. The van der Waals surface area contributed by atoms with E-state index >= 15 is 0 Å². The van der Waals surface area contributed by atoms with Gasteiger partial charge in [-0.15, -0.1) is 11.3 Å². The number of halogens is 4. The van der Waals surface area contributed by atoms with E-state index < -0.39 is 134 Å². The van der Waals surface area contributed by atoms with Crippen LogP contribution in [0.15, 0.2) is 66.7 Å². The maximum absolute atomic E-state index is 14.7. The van der Waals surface area contributed by atoms with E-state index in [0.29, 0.717) is 43.6 Å². The molecule has 0 saturated carbocycles. The third-order valence-electron chi connectivity index (χ3n) is 17.2. The first-order valence-corrected chi connectivity index (χ1v) is 31.9. The molecule has 5 aliphatic rings. The normalized spacial score (nSPS) is 21.2. The minimum atomic E-state index is -5.94. The Morgan fingerprint density at radius 1 is 0.809 bits per heavy atom. The highest BCUT2D eigenvalue weighted by Gasteiger charge is 2.51. The molecular weight excluding hydrogens is 1210 g/mol. The van der Waals surface area contributed by atoms with Crippen LogP contribution < -0.4 is 37.2 Å². The molecule has 89 heavy (non-hydrogen) atoms. The van der Waals surface area contributed by atoms with E-state index in [1.165, 1.54) is 15.9 Å². The van der Waals surface area contributed by atoms with Crippen molar-refractivity contribution < 1.29 is 79.9 Å². The number of fused-ring (bicyclic) bond motifs is 3. The lowest BCUT2D eigenvalue weighted by atomic mass is 9.86. The van der Waals surface area contributed by atoms with Gasteiger partial charge in [0, 0.05) is 74.0 Å². The molecule has 4 aromatic rings. The Morgan fingerprint density at radius 2 is 1.51 bits per heavy atom. The molecule has 0 aliphatic carbocycles. The number of benzene rings is 3. The van der Waals surface area contributed by atoms with Crippen LogP contribution >= 0.6 is 18.9 Å². The maximum atomic E-state index is 14.7. The molecular formula is C60H71F4N10O13PS. The number of amides is 10. The van der Waals surface area contributed by atoms with Gasteiger partial charge in [0.2, 0.25) is 41.4 Å². The lowest BCUT2D eigenvalue weighted by molar-refractivity contribution is -0.144. The molecule has 23 nitrogen and oxygen atoms in total. The van der Waals surface area contributed by atoms with Gasteiger partial charge in [0.15, 0.2) is 0 Å². The molecule has 10 amide bonds. The van der Waals surface area contributed by atoms with Gasteiger partial charge in [-0.2, -0.15) is 8.78 Å². The summed E-state index contributed by atoms with van der Waals surface area (Å²) in [5.74, 6) is -6.98. The number of thiophene rings is 1. The maximum Gasteiger partial charge on any atom is 0.399 e. The van der Waals surface area contributed by atoms with E-state index in [9.17, 15) is 79.9 Å². The van der Waals surface area contributed by atoms with Gasteiger partial charge in [-0.3, -0.25) is 67.6 Å². The molecule has 0 bridgehead atoms. The van der Waals surface area contributed by atoms with Gasteiger partial charge in [0.1, 0.15) is 30.2 Å². The summed E-state index contributed by atoms with van der Waals surface area (Å²) in [4.78, 5) is 159. The van der Waals surface area contributed by atoms with Gasteiger partial charge in [0.25, 0.3) is 24.1 Å². The number of nitrogens with two attached hydrogens (primary N) is 1. The second-order valence-electron chi connectivity index (χ2n) is 24.4. The van der Waals surface area contributed by atoms with Gasteiger partial charge >= 0.3 is 13.3 Å². The van der Waals surface area contributed by atoms with Crippen molar-refractivity contribution in [3.8, 4) is 0 Å². The summed E-state index contributed by atoms with van der Waals surface area (Å²) in [6.07, 6.45) is -1.12. The van der Waals surface area contributed by atoms with Crippen LogP contribution in [0, 0.1) is 5.92 Å². The predicted octanol–water partition coefficient (Wildman–Crippen LogP) is 4.16. The molecule has 29 heteroatoms. The quantitative estimate of drug-likeness (QED) is 0.0330. The number of rotatable bonds is 21. The van der Waals surface area contributed by atoms with Crippen LogP contribution in [0.3, 0.4) is 0 Å². The molecule has 3 aromatic carbocycles. The summed E-state index contributed by atoms with van der Waals surface area (Å²) in [5, 5.41) is 13.2. The van der Waals surface area contributed by atoms with E-state index in [4.69, 9.17) is 5.73 Å². The number of alkyl halides is 4. The largest absolute Gasteiger partial charge is 0.399 e. The van der Waals surface area contributed by atoms with Gasteiger partial charge < -0.3 is 46.6 Å². The van der Waals surface area contributed by atoms with Crippen LogP contribution in [0.25, 0.3) is 10.1 Å². The van der Waals surface area contributed by atoms with E-state index in [1.807, 2.05) is 45.0 Å². The molecule has 6 heterocycles. The zero-order valence-electron chi connectivity index (χ0n) is 49.1. The highest BCUT2D eigenvalue weighted by atomic mass is 32.1. The van der Waals surface area contributed by atoms with Crippen LogP contribution in [0.1, 0.15) is 132 Å². The minimum Gasteiger partial charge on any atom is -0.371 e. The summed E-state index contributed by atoms with van der Waals surface area (Å²) < 4.78 is 69.0. The Morgan fingerprint density at radius 3 is 2.17 bits per heavy atom. The number of nitrogens with zero attached hydrogens (tertiary/aromatic N) is 4. The molecule has 0 spiro atoms. The number of nitrogens with one attached hydrogen (secondary N) is 5. The second kappa shape index (κ2) is 26.8. The fourth-order valence-electron chi connectivity index (χ4n) is 12.2. The number of carbonyl (C=O) groups excluding carboxylic acids is 10. The van der Waals surface area contributed by atoms with Gasteiger partial charge in [0.05, 0.1) is 22.5 Å². The van der Waals surface area contributed by atoms with Crippen molar-refractivity contribution >= 4 is 93.8 Å². The van der Waals surface area contributed by atoms with Crippen molar-refractivity contribution in [2.45, 2.75) is 145 Å². The standard InChI is InChI=1S/C60H71F4N10O13PS/c1-59(2,3)35-6-4-33(5-7-35)26-42(51(77)66-22-18-32-19-24-72(25-20-32)38-9-11-39-40(29-38)57(83)74(56(39)82)45-14-17-50(76)70-54(45)80)68-52(78)41(12-16-49(65)75)67-53(79)44-13-10-37-21-23-71(31-48(61)62)30-43(58(84)73(37)44)69-55(81)47-28-34-27-36(8-15-46(34)89-47)60(63,64)88(85,86)87/h4-9,11,15,27-29,32,37,41-45,48H,10,12-14,16-26,30-31H2,1-3H3,(H2,65,75)(H,66,77)(H,67,79)(H,68,78)(H,69,81)(H,70,76,80)(H2,85,86,87)/t37-,41?,42?,43+,44+,45?/m1/s1. The first kappa shape index (κ1) is 65.8. The van der Waals surface area contributed by atoms with E-state index in [2.05, 4.69) is 31.5 Å². The average molecular weight is 1280 g/mol. The lowest BCUT2D eigenvalue weighted by Gasteiger charge is -2.38. The van der Waals surface area contributed by atoms with Gasteiger partial charge in [-0.25, -0.2) is 8.78 Å². The summed E-state index contributed by atoms with van der Waals surface area (Å²) in [7, 11) is -5.94. The van der Waals surface area contributed by atoms with E-state index in [0.717, 1.165) is 40.0 Å². The molecule has 4 fully saturated rings. The molecule has 4 saturated heterocycles. The number of primary amides is 1. The second-order valence-corrected chi connectivity index (χ2v) is 27.1. The van der Waals surface area contributed by atoms with Crippen LogP contribution in [0.4, 0.5) is 23.2 Å². The summed E-state index contributed by atoms with van der Waals surface area (Å²) >= 11 is 0.807. The number of anilines is 1. The fourth-order valence-corrected chi connectivity index (χ4v) is 13.7. The first-order valence-electron chi connectivity index (χ1n) is 29.4. The van der Waals surface area contributed by atoms with Crippen molar-refractivity contribution in [1.29, 1.82) is 0 Å². The monoisotopic (exact) mass is 1280 g/mol. The van der Waals surface area contributed by atoms with Gasteiger partial charge in [-0.05, 0) is 116 Å². The Labute approximate surface area is 513 Å². The number of imide groups is 2. The Kier molecular flexibility index (Phi) is 19.8. The molecule has 3 unspecified atom stereocenters. The molecule has 9 rings (SSSR count). The topological polar surface area (TPSA) is 327 Å². The summed E-state index contributed by atoms with van der Waals surface area (Å²) in [5.41, 5.74) is 2.56. The molecule has 9 N–H and O–H groups in total. The van der Waals surface area contributed by atoms with Crippen LogP contribution in [0.5, 0.6) is 0 Å². The van der Waals surface area contributed by atoms with Crippen LogP contribution in [0.2, 0.25) is 0 Å². The Bertz CT molecular complexity index is 3500. The fraction of sp³-hybridized carbons (Fsp3) is 0.500. The van der Waals surface area contributed by atoms with Crippen molar-refractivity contribution in [3.63, 3.8) is 0 Å². The number of carbonyl (C=O) groups is 10. The SMILES string of the molecule is CC(C)(C)c1ccc(CC(NC(=O)C(CCC(N)=O)NC(=O)[C@@H]2CC[C@@H]3CCN(CC(F)F)C[C@H](NC(=O)c4cc5cc(C(F)(F)P(=O)(O)O)ccc5s4)C(=O)N32)C(=O)NCCC2CCN(c3ccc4c(c3)C(=O)N(C3CCC(=O)NC3=O)C4=O)CC2)cc1. The molecule has 6 atom stereocenters. The molecule has 1 aromatic heterocycles. The first-order chi connectivity index (χ1) is 42.0. The summed E-state index contributed by atoms with van der Waals surface area (Å²) in [6.45, 7) is 6.34. The predicted molar refractivity (Wildman–Crippen MR) is 317 cm³/mol. The molecule has 5 aliphatic heterocycles. The third kappa shape index (κ3) is 15.0. The Balaban J connectivity index is 0.863. The Hall–Kier alpha value is -7.65. The van der Waals surface area contributed by atoms with Crippen LogP contribution in [-0.4, -0.2) is 166 Å². The highest BCUT2D eigenvalue weighted by Crippen LogP contribution is 2.59. The smallest absolute Gasteiger partial charge is 0.371 e. The van der Waals surface area contributed by atoms with E-state index in [1.54, 1.807) is 18.2 Å². The molecule has 478 valence electrons. The summed E-state index contributed by atoms with van der Waals surface area (Å²) in [6, 6.07) is 9.11. The number of hydrogen-bond acceptors (Lipinski definition) is 14.